The van der Waals surface area contributed by atoms with E-state index in [0.717, 1.165) is 44.9 Å². The molecule has 2 rings (SSSR count). The van der Waals surface area contributed by atoms with Gasteiger partial charge in [0.05, 0.1) is 11.5 Å². The SMILES string of the molecule is OCc1ccc(Sc2cc(F)ccc2F)cc1Br. The Morgan fingerprint density at radius 2 is 1.89 bits per heavy atom. The Morgan fingerprint density at radius 3 is 2.56 bits per heavy atom. The highest BCUT2D eigenvalue weighted by molar-refractivity contribution is 9.10. The first-order valence-electron chi connectivity index (χ1n) is 5.12. The molecule has 0 spiro atoms. The number of benzene rings is 2. The Hall–Kier alpha value is -0.910. The summed E-state index contributed by atoms with van der Waals surface area (Å²) in [6, 6.07) is 8.61. The van der Waals surface area contributed by atoms with E-state index in [2.05, 4.69) is 15.9 Å². The molecule has 2 aromatic carbocycles. The largest absolute Gasteiger partial charge is 0.392 e. The van der Waals surface area contributed by atoms with Crippen LogP contribution in [0.15, 0.2) is 50.7 Å². The van der Waals surface area contributed by atoms with Crippen LogP contribution in [-0.4, -0.2) is 5.11 Å². The lowest BCUT2D eigenvalue weighted by atomic mass is 10.2. The van der Waals surface area contributed by atoms with Gasteiger partial charge in [-0.15, -0.1) is 0 Å². The van der Waals surface area contributed by atoms with Crippen LogP contribution < -0.4 is 0 Å². The number of aliphatic hydroxyl groups excluding tert-OH is 1. The lowest BCUT2D eigenvalue weighted by Gasteiger charge is -2.06. The van der Waals surface area contributed by atoms with Crippen LogP contribution >= 0.6 is 27.7 Å². The zero-order valence-corrected chi connectivity index (χ0v) is 11.6. The summed E-state index contributed by atoms with van der Waals surface area (Å²) in [5.74, 6) is -0.922. The zero-order chi connectivity index (χ0) is 13.1. The van der Waals surface area contributed by atoms with Crippen molar-refractivity contribution in [3.63, 3.8) is 0 Å². The van der Waals surface area contributed by atoms with Gasteiger partial charge in [-0.05, 0) is 35.9 Å². The summed E-state index contributed by atoms with van der Waals surface area (Å²) in [5, 5.41) is 9.03. The number of aliphatic hydroxyl groups is 1. The second kappa shape index (κ2) is 5.82. The van der Waals surface area contributed by atoms with Crippen molar-refractivity contribution in [2.45, 2.75) is 16.4 Å². The molecule has 0 fully saturated rings. The summed E-state index contributed by atoms with van der Waals surface area (Å²) in [6.07, 6.45) is 0. The van der Waals surface area contributed by atoms with Crippen LogP contribution in [-0.2, 0) is 6.61 Å². The Kier molecular flexibility index (Phi) is 4.37. The molecule has 0 aliphatic rings. The van der Waals surface area contributed by atoms with Crippen LogP contribution in [0.5, 0.6) is 0 Å². The van der Waals surface area contributed by atoms with Gasteiger partial charge in [0.1, 0.15) is 11.6 Å². The smallest absolute Gasteiger partial charge is 0.137 e. The average molecular weight is 331 g/mol. The van der Waals surface area contributed by atoms with Gasteiger partial charge in [-0.1, -0.05) is 33.8 Å². The van der Waals surface area contributed by atoms with Crippen LogP contribution in [0.1, 0.15) is 5.56 Å². The summed E-state index contributed by atoms with van der Waals surface area (Å²) < 4.78 is 27.2. The van der Waals surface area contributed by atoms with Gasteiger partial charge in [-0.3, -0.25) is 0 Å². The highest BCUT2D eigenvalue weighted by Crippen LogP contribution is 2.32. The number of halogens is 3. The highest BCUT2D eigenvalue weighted by atomic mass is 79.9. The van der Waals surface area contributed by atoms with Gasteiger partial charge >= 0.3 is 0 Å². The van der Waals surface area contributed by atoms with Crippen molar-refractivity contribution >= 4 is 27.7 Å². The first kappa shape index (κ1) is 13.5. The van der Waals surface area contributed by atoms with Gasteiger partial charge in [0.25, 0.3) is 0 Å². The lowest BCUT2D eigenvalue weighted by molar-refractivity contribution is 0.281. The van der Waals surface area contributed by atoms with E-state index in [0.29, 0.717) is 0 Å². The molecule has 1 nitrogen and oxygen atoms in total. The van der Waals surface area contributed by atoms with Crippen LogP contribution in [0.2, 0.25) is 0 Å². The molecule has 1 N–H and O–H groups in total. The standard InChI is InChI=1S/C13H9BrF2OS/c14-11-6-10(3-1-8(11)7-17)18-13-5-9(15)2-4-12(13)16/h1-6,17H,7H2. The third kappa shape index (κ3) is 3.10. The molecule has 0 radical (unpaired) electrons. The topological polar surface area (TPSA) is 20.2 Å². The van der Waals surface area contributed by atoms with Crippen molar-refractivity contribution in [1.29, 1.82) is 0 Å². The Balaban J connectivity index is 2.28. The van der Waals surface area contributed by atoms with Gasteiger partial charge in [-0.2, -0.15) is 0 Å². The van der Waals surface area contributed by atoms with Crippen LogP contribution in [0.25, 0.3) is 0 Å². The van der Waals surface area contributed by atoms with Crippen LogP contribution in [0, 0.1) is 11.6 Å². The Bertz CT molecular complexity index is 575. The molecule has 0 aliphatic heterocycles. The highest BCUT2D eigenvalue weighted by Gasteiger charge is 2.07. The molecule has 0 unspecified atom stereocenters. The summed E-state index contributed by atoms with van der Waals surface area (Å²) in [6.45, 7) is -0.0696. The molecule has 0 saturated carbocycles. The van der Waals surface area contributed by atoms with Crippen molar-refractivity contribution in [3.05, 3.63) is 58.1 Å². The minimum absolute atomic E-state index is 0.0696. The zero-order valence-electron chi connectivity index (χ0n) is 9.16. The first-order chi connectivity index (χ1) is 8.60. The van der Waals surface area contributed by atoms with Crippen LogP contribution in [0.4, 0.5) is 8.78 Å². The molecule has 0 atom stereocenters. The average Bonchev–Trinajstić information content (AvgIpc) is 2.34. The summed E-state index contributed by atoms with van der Waals surface area (Å²) in [7, 11) is 0. The van der Waals surface area contributed by atoms with Crippen molar-refractivity contribution in [2.24, 2.45) is 0 Å². The molecule has 0 bridgehead atoms. The molecule has 0 aromatic heterocycles. The minimum atomic E-state index is -0.468. The molecule has 0 amide bonds. The molecule has 0 aliphatic carbocycles. The van der Waals surface area contributed by atoms with Gasteiger partial charge in [0.2, 0.25) is 0 Å². The van der Waals surface area contributed by atoms with Crippen molar-refractivity contribution < 1.29 is 13.9 Å². The number of rotatable bonds is 3. The summed E-state index contributed by atoms with van der Waals surface area (Å²) in [4.78, 5) is 1.00. The monoisotopic (exact) mass is 330 g/mol. The fourth-order valence-corrected chi connectivity index (χ4v) is 2.96. The Morgan fingerprint density at radius 1 is 1.11 bits per heavy atom. The maximum absolute atomic E-state index is 13.5. The second-order valence-electron chi connectivity index (χ2n) is 3.59. The first-order valence-corrected chi connectivity index (χ1v) is 6.73. The minimum Gasteiger partial charge on any atom is -0.392 e. The predicted octanol–water partition coefficient (Wildman–Crippen LogP) is 4.37. The maximum atomic E-state index is 13.5. The van der Waals surface area contributed by atoms with E-state index in [4.69, 9.17) is 5.11 Å². The molecule has 94 valence electrons. The van der Waals surface area contributed by atoms with E-state index < -0.39 is 11.6 Å². The van der Waals surface area contributed by atoms with Gasteiger partial charge in [0, 0.05) is 9.37 Å². The second-order valence-corrected chi connectivity index (χ2v) is 5.56. The van der Waals surface area contributed by atoms with Crippen molar-refractivity contribution in [1.82, 2.24) is 0 Å². The summed E-state index contributed by atoms with van der Waals surface area (Å²) >= 11 is 4.45. The van der Waals surface area contributed by atoms with Crippen molar-refractivity contribution in [2.75, 3.05) is 0 Å². The van der Waals surface area contributed by atoms with Crippen molar-refractivity contribution in [3.8, 4) is 0 Å². The maximum Gasteiger partial charge on any atom is 0.137 e. The Labute approximate surface area is 116 Å². The quantitative estimate of drug-likeness (QED) is 0.901. The van der Waals surface area contributed by atoms with Gasteiger partial charge in [-0.25, -0.2) is 8.78 Å². The van der Waals surface area contributed by atoms with E-state index in [1.165, 1.54) is 0 Å². The summed E-state index contributed by atoms with van der Waals surface area (Å²) in [5.41, 5.74) is 0.749. The molecule has 0 heterocycles. The fraction of sp³-hybridized carbons (Fsp3) is 0.0769. The van der Waals surface area contributed by atoms with Gasteiger partial charge in [0.15, 0.2) is 0 Å². The number of hydrogen-bond acceptors (Lipinski definition) is 2. The molecular weight excluding hydrogens is 322 g/mol. The van der Waals surface area contributed by atoms with E-state index in [9.17, 15) is 8.78 Å². The van der Waals surface area contributed by atoms with E-state index >= 15 is 0 Å². The van der Waals surface area contributed by atoms with Gasteiger partial charge < -0.3 is 5.11 Å². The number of hydrogen-bond donors (Lipinski definition) is 1. The molecule has 5 heteroatoms. The molecule has 18 heavy (non-hydrogen) atoms. The van der Waals surface area contributed by atoms with E-state index in [-0.39, 0.29) is 11.5 Å². The predicted molar refractivity (Wildman–Crippen MR) is 70.5 cm³/mol. The van der Waals surface area contributed by atoms with E-state index in [1.807, 2.05) is 0 Å². The molecule has 0 saturated heterocycles. The molecular formula is C13H9BrF2OS. The fourth-order valence-electron chi connectivity index (χ4n) is 1.40. The third-order valence-electron chi connectivity index (χ3n) is 2.32. The normalized spacial score (nSPS) is 10.7. The van der Waals surface area contributed by atoms with E-state index in [1.54, 1.807) is 18.2 Å². The molecule has 2 aromatic rings. The third-order valence-corrected chi connectivity index (χ3v) is 4.08. The van der Waals surface area contributed by atoms with Crippen LogP contribution in [0.3, 0.4) is 0 Å². The lowest BCUT2D eigenvalue weighted by Crippen LogP contribution is -1.87.